The van der Waals surface area contributed by atoms with Crippen LogP contribution in [0.15, 0.2) is 47.6 Å². The van der Waals surface area contributed by atoms with Crippen LogP contribution < -0.4 is 20.8 Å². The van der Waals surface area contributed by atoms with Gasteiger partial charge in [-0.15, -0.1) is 0 Å². The topological polar surface area (TPSA) is 109 Å². The van der Waals surface area contributed by atoms with Gasteiger partial charge in [-0.3, -0.25) is 14.4 Å². The number of carbonyl (C=O) groups is 3. The van der Waals surface area contributed by atoms with Gasteiger partial charge in [0.25, 0.3) is 0 Å². The van der Waals surface area contributed by atoms with E-state index in [0.29, 0.717) is 40.0 Å². The molecule has 8 nitrogen and oxygen atoms in total. The second-order valence-electron chi connectivity index (χ2n) is 6.34. The van der Waals surface area contributed by atoms with Crippen molar-refractivity contribution in [1.82, 2.24) is 5.43 Å². The third kappa shape index (κ3) is 6.89. The van der Waals surface area contributed by atoms with Crippen molar-refractivity contribution in [3.8, 4) is 5.75 Å². The molecule has 0 saturated heterocycles. The average Bonchev–Trinajstić information content (AvgIpc) is 2.71. The zero-order chi connectivity index (χ0) is 22.1. The van der Waals surface area contributed by atoms with Gasteiger partial charge in [-0.25, -0.2) is 5.43 Å². The molecule has 0 aromatic heterocycles. The minimum atomic E-state index is -0.958. The van der Waals surface area contributed by atoms with Crippen molar-refractivity contribution >= 4 is 46.4 Å². The fraction of sp³-hybridized carbons (Fsp3) is 0.238. The van der Waals surface area contributed by atoms with Crippen LogP contribution in [0.3, 0.4) is 0 Å². The fourth-order valence-electron chi connectivity index (χ4n) is 2.40. The summed E-state index contributed by atoms with van der Waals surface area (Å²) in [5, 5.41) is 9.45. The van der Waals surface area contributed by atoms with E-state index >= 15 is 0 Å². The van der Waals surface area contributed by atoms with E-state index in [0.717, 1.165) is 0 Å². The number of benzene rings is 2. The Balaban J connectivity index is 1.84. The van der Waals surface area contributed by atoms with E-state index < -0.39 is 11.8 Å². The Labute approximate surface area is 179 Å². The average molecular weight is 431 g/mol. The maximum Gasteiger partial charge on any atom is 0.329 e. The number of hydrogen-bond donors (Lipinski definition) is 3. The number of ether oxygens (including phenoxy) is 1. The van der Waals surface area contributed by atoms with E-state index in [2.05, 4.69) is 21.2 Å². The molecule has 3 amide bonds. The van der Waals surface area contributed by atoms with E-state index in [1.807, 2.05) is 6.92 Å². The summed E-state index contributed by atoms with van der Waals surface area (Å²) in [6.07, 6.45) is -0.0531. The lowest BCUT2D eigenvalue weighted by Gasteiger charge is -2.09. The number of amides is 3. The second-order valence-corrected chi connectivity index (χ2v) is 6.74. The van der Waals surface area contributed by atoms with Gasteiger partial charge >= 0.3 is 11.8 Å². The zero-order valence-electron chi connectivity index (χ0n) is 16.9. The Morgan fingerprint density at radius 3 is 2.40 bits per heavy atom. The third-order valence-corrected chi connectivity index (χ3v) is 4.35. The van der Waals surface area contributed by atoms with Crippen LogP contribution in [0.2, 0.25) is 5.02 Å². The molecule has 0 saturated carbocycles. The number of carbonyl (C=O) groups excluding carboxylic acids is 3. The highest BCUT2D eigenvalue weighted by Gasteiger charge is 2.15. The van der Waals surface area contributed by atoms with Gasteiger partial charge in [-0.2, -0.15) is 5.10 Å². The monoisotopic (exact) mass is 430 g/mol. The Bertz CT molecular complexity index is 958. The third-order valence-electron chi connectivity index (χ3n) is 3.94. The lowest BCUT2D eigenvalue weighted by atomic mass is 10.2. The number of hydrogen-bond acceptors (Lipinski definition) is 5. The molecule has 2 rings (SSSR count). The van der Waals surface area contributed by atoms with Crippen LogP contribution in [0.5, 0.6) is 5.75 Å². The Morgan fingerprint density at radius 2 is 1.73 bits per heavy atom. The SMILES string of the molecule is CCOc1ccc(NC(=O)C/C(C)=N\NC(=O)C(=O)Nc2cccc(Cl)c2C)cc1. The van der Waals surface area contributed by atoms with Crippen molar-refractivity contribution in [2.45, 2.75) is 27.2 Å². The first-order valence-corrected chi connectivity index (χ1v) is 9.60. The predicted octanol–water partition coefficient (Wildman–Crippen LogP) is 3.51. The first-order chi connectivity index (χ1) is 14.3. The molecule has 2 aromatic rings. The van der Waals surface area contributed by atoms with E-state index in [1.54, 1.807) is 56.3 Å². The van der Waals surface area contributed by atoms with Gasteiger partial charge in [0.2, 0.25) is 5.91 Å². The zero-order valence-corrected chi connectivity index (χ0v) is 17.7. The summed E-state index contributed by atoms with van der Waals surface area (Å²) >= 11 is 5.99. The number of nitrogens with zero attached hydrogens (tertiary/aromatic N) is 1. The highest BCUT2D eigenvalue weighted by atomic mass is 35.5. The van der Waals surface area contributed by atoms with Crippen molar-refractivity contribution in [2.75, 3.05) is 17.2 Å². The van der Waals surface area contributed by atoms with E-state index in [1.165, 1.54) is 0 Å². The van der Waals surface area contributed by atoms with E-state index in [9.17, 15) is 14.4 Å². The molecule has 0 aliphatic rings. The molecular formula is C21H23ClN4O4. The molecule has 0 heterocycles. The van der Waals surface area contributed by atoms with Crippen molar-refractivity contribution in [3.63, 3.8) is 0 Å². The second kappa shape index (κ2) is 11.0. The van der Waals surface area contributed by atoms with Crippen LogP contribution in [-0.2, 0) is 14.4 Å². The van der Waals surface area contributed by atoms with Crippen LogP contribution in [0, 0.1) is 6.92 Å². The van der Waals surface area contributed by atoms with Gasteiger partial charge in [0.15, 0.2) is 0 Å². The minimum Gasteiger partial charge on any atom is -0.494 e. The molecule has 0 aliphatic carbocycles. The summed E-state index contributed by atoms with van der Waals surface area (Å²) in [6, 6.07) is 11.9. The quantitative estimate of drug-likeness (QED) is 0.354. The molecule has 9 heteroatoms. The van der Waals surface area contributed by atoms with Gasteiger partial charge in [-0.1, -0.05) is 17.7 Å². The Hall–Kier alpha value is -3.39. The number of halogens is 1. The lowest BCUT2D eigenvalue weighted by Crippen LogP contribution is -2.33. The maximum atomic E-state index is 12.1. The summed E-state index contributed by atoms with van der Waals surface area (Å²) in [5.41, 5.74) is 4.15. The standard InChI is InChI=1S/C21H23ClN4O4/c1-4-30-16-10-8-15(9-11-16)23-19(27)12-13(2)25-26-21(29)20(28)24-18-7-5-6-17(22)14(18)3/h5-11H,4,12H2,1-3H3,(H,23,27)(H,24,28)(H,26,29)/b25-13-. The van der Waals surface area contributed by atoms with Crippen molar-refractivity contribution in [3.05, 3.63) is 53.1 Å². The molecule has 30 heavy (non-hydrogen) atoms. The summed E-state index contributed by atoms with van der Waals surface area (Å²) in [6.45, 7) is 5.74. The summed E-state index contributed by atoms with van der Waals surface area (Å²) in [5.74, 6) is -1.45. The van der Waals surface area contributed by atoms with Crippen LogP contribution >= 0.6 is 11.6 Å². The van der Waals surface area contributed by atoms with E-state index in [4.69, 9.17) is 16.3 Å². The molecule has 0 bridgehead atoms. The molecule has 2 aromatic carbocycles. The first kappa shape index (κ1) is 22.9. The Morgan fingerprint density at radius 1 is 1.03 bits per heavy atom. The smallest absolute Gasteiger partial charge is 0.329 e. The summed E-state index contributed by atoms with van der Waals surface area (Å²) < 4.78 is 5.34. The van der Waals surface area contributed by atoms with Gasteiger partial charge < -0.3 is 15.4 Å². The maximum absolute atomic E-state index is 12.1. The van der Waals surface area contributed by atoms with Crippen LogP contribution in [0.4, 0.5) is 11.4 Å². The highest BCUT2D eigenvalue weighted by Crippen LogP contribution is 2.22. The number of hydrazone groups is 1. The number of nitrogens with one attached hydrogen (secondary N) is 3. The summed E-state index contributed by atoms with van der Waals surface area (Å²) in [7, 11) is 0. The number of anilines is 2. The van der Waals surface area contributed by atoms with Gasteiger partial charge in [0.1, 0.15) is 5.75 Å². The van der Waals surface area contributed by atoms with E-state index in [-0.39, 0.29) is 12.3 Å². The molecule has 0 radical (unpaired) electrons. The largest absolute Gasteiger partial charge is 0.494 e. The normalized spacial score (nSPS) is 10.9. The summed E-state index contributed by atoms with van der Waals surface area (Å²) in [4.78, 5) is 36.0. The first-order valence-electron chi connectivity index (χ1n) is 9.22. The van der Waals surface area contributed by atoms with Crippen molar-refractivity contribution in [1.29, 1.82) is 0 Å². The highest BCUT2D eigenvalue weighted by molar-refractivity contribution is 6.40. The van der Waals surface area contributed by atoms with Crippen molar-refractivity contribution in [2.24, 2.45) is 5.10 Å². The molecule has 0 spiro atoms. The minimum absolute atomic E-state index is 0.0531. The molecule has 0 aliphatic heterocycles. The number of rotatable bonds is 7. The van der Waals surface area contributed by atoms with Gasteiger partial charge in [0, 0.05) is 22.1 Å². The Kier molecular flexibility index (Phi) is 8.37. The molecule has 158 valence electrons. The van der Waals surface area contributed by atoms with Crippen LogP contribution in [-0.4, -0.2) is 30.0 Å². The predicted molar refractivity (Wildman–Crippen MR) is 117 cm³/mol. The fourth-order valence-corrected chi connectivity index (χ4v) is 2.57. The molecule has 0 unspecified atom stereocenters. The molecule has 0 atom stereocenters. The van der Waals surface area contributed by atoms with Gasteiger partial charge in [0.05, 0.1) is 13.0 Å². The van der Waals surface area contributed by atoms with Crippen molar-refractivity contribution < 1.29 is 19.1 Å². The van der Waals surface area contributed by atoms with Gasteiger partial charge in [-0.05, 0) is 62.7 Å². The molecule has 3 N–H and O–H groups in total. The van der Waals surface area contributed by atoms with Crippen LogP contribution in [0.1, 0.15) is 25.8 Å². The molecule has 0 fully saturated rings. The lowest BCUT2D eigenvalue weighted by molar-refractivity contribution is -0.136. The molecular weight excluding hydrogens is 408 g/mol. The van der Waals surface area contributed by atoms with Crippen LogP contribution in [0.25, 0.3) is 0 Å².